The van der Waals surface area contributed by atoms with Gasteiger partial charge in [-0.05, 0) is 56.4 Å². The molecular weight excluding hydrogens is 322 g/mol. The van der Waals surface area contributed by atoms with E-state index in [1.165, 1.54) is 16.8 Å². The van der Waals surface area contributed by atoms with Gasteiger partial charge in [-0.15, -0.1) is 0 Å². The predicted octanol–water partition coefficient (Wildman–Crippen LogP) is 5.40. The van der Waals surface area contributed by atoms with E-state index in [2.05, 4.69) is 57.2 Å². The van der Waals surface area contributed by atoms with Crippen molar-refractivity contribution in [2.24, 2.45) is 0 Å². The average molecular weight is 349 g/mol. The first-order chi connectivity index (χ1) is 12.5. The SMILES string of the molecule is C/C=C(/CC)c1c(CC)nc2c(-c3c(C)cc(C)cc3OC)nccn12. The van der Waals surface area contributed by atoms with Crippen LogP contribution in [0, 0.1) is 13.8 Å². The zero-order valence-electron chi connectivity index (χ0n) is 16.6. The molecule has 2 heterocycles. The molecule has 0 aliphatic rings. The number of hydrogen-bond donors (Lipinski definition) is 0. The normalized spacial score (nSPS) is 12.0. The number of aryl methyl sites for hydroxylation is 3. The lowest BCUT2D eigenvalue weighted by molar-refractivity contribution is 0.415. The lowest BCUT2D eigenvalue weighted by Crippen LogP contribution is -1.99. The summed E-state index contributed by atoms with van der Waals surface area (Å²) in [5.41, 5.74) is 8.70. The largest absolute Gasteiger partial charge is 0.496 e. The Bertz CT molecular complexity index is 983. The second kappa shape index (κ2) is 7.32. The number of benzene rings is 1. The van der Waals surface area contributed by atoms with E-state index in [1.54, 1.807) is 7.11 Å². The van der Waals surface area contributed by atoms with Gasteiger partial charge in [0.25, 0.3) is 0 Å². The van der Waals surface area contributed by atoms with Crippen molar-refractivity contribution in [2.75, 3.05) is 7.11 Å². The van der Waals surface area contributed by atoms with Gasteiger partial charge in [0, 0.05) is 18.0 Å². The Morgan fingerprint density at radius 3 is 2.62 bits per heavy atom. The van der Waals surface area contributed by atoms with Crippen LogP contribution in [0.15, 0.2) is 30.6 Å². The monoisotopic (exact) mass is 349 g/mol. The molecule has 0 spiro atoms. The molecule has 136 valence electrons. The number of ether oxygens (including phenoxy) is 1. The van der Waals surface area contributed by atoms with E-state index in [4.69, 9.17) is 14.7 Å². The Hall–Kier alpha value is -2.62. The van der Waals surface area contributed by atoms with E-state index in [9.17, 15) is 0 Å². The number of allylic oxidation sites excluding steroid dienone is 2. The van der Waals surface area contributed by atoms with E-state index in [1.807, 2.05) is 12.4 Å². The van der Waals surface area contributed by atoms with Gasteiger partial charge in [-0.25, -0.2) is 4.98 Å². The average Bonchev–Trinajstić information content (AvgIpc) is 3.01. The van der Waals surface area contributed by atoms with Gasteiger partial charge in [0.05, 0.1) is 18.5 Å². The molecule has 0 N–H and O–H groups in total. The summed E-state index contributed by atoms with van der Waals surface area (Å²) in [4.78, 5) is 9.66. The molecule has 0 aliphatic carbocycles. The fourth-order valence-corrected chi connectivity index (χ4v) is 3.69. The third-order valence-electron chi connectivity index (χ3n) is 4.88. The first-order valence-electron chi connectivity index (χ1n) is 9.22. The van der Waals surface area contributed by atoms with Gasteiger partial charge in [-0.3, -0.25) is 9.38 Å². The van der Waals surface area contributed by atoms with Crippen LogP contribution in [0.5, 0.6) is 5.75 Å². The molecule has 0 bridgehead atoms. The summed E-state index contributed by atoms with van der Waals surface area (Å²) < 4.78 is 7.85. The maximum Gasteiger partial charge on any atom is 0.164 e. The molecule has 1 aromatic carbocycles. The van der Waals surface area contributed by atoms with Gasteiger partial charge in [0.1, 0.15) is 11.4 Å². The van der Waals surface area contributed by atoms with Crippen LogP contribution in [0.2, 0.25) is 0 Å². The highest BCUT2D eigenvalue weighted by atomic mass is 16.5. The fraction of sp³-hybridized carbons (Fsp3) is 0.364. The molecule has 0 saturated carbocycles. The molecule has 0 amide bonds. The van der Waals surface area contributed by atoms with Crippen LogP contribution in [0.3, 0.4) is 0 Å². The molecule has 4 nitrogen and oxygen atoms in total. The molecule has 0 unspecified atom stereocenters. The van der Waals surface area contributed by atoms with Crippen LogP contribution >= 0.6 is 0 Å². The second-order valence-corrected chi connectivity index (χ2v) is 6.56. The Morgan fingerprint density at radius 1 is 1.23 bits per heavy atom. The van der Waals surface area contributed by atoms with Crippen molar-refractivity contribution >= 4 is 11.2 Å². The number of rotatable bonds is 5. The summed E-state index contributed by atoms with van der Waals surface area (Å²) in [5.74, 6) is 0.840. The third kappa shape index (κ3) is 2.90. The highest BCUT2D eigenvalue weighted by molar-refractivity contribution is 5.83. The van der Waals surface area contributed by atoms with Gasteiger partial charge in [-0.1, -0.05) is 26.0 Å². The lowest BCUT2D eigenvalue weighted by Gasteiger charge is -2.13. The summed E-state index contributed by atoms with van der Waals surface area (Å²) in [7, 11) is 1.71. The summed E-state index contributed by atoms with van der Waals surface area (Å²) in [6, 6.07) is 4.22. The standard InChI is InChI=1S/C22H27N3O/c1-7-16(8-2)21-17(9-3)24-22-20(23-10-11-25(21)22)19-15(5)12-14(4)13-18(19)26-6/h7,10-13H,8-9H2,1-6H3/b16-7-. The highest BCUT2D eigenvalue weighted by Gasteiger charge is 2.20. The predicted molar refractivity (Wildman–Crippen MR) is 108 cm³/mol. The van der Waals surface area contributed by atoms with Crippen molar-refractivity contribution in [1.82, 2.24) is 14.4 Å². The molecule has 26 heavy (non-hydrogen) atoms. The minimum Gasteiger partial charge on any atom is -0.496 e. The third-order valence-corrected chi connectivity index (χ3v) is 4.88. The Morgan fingerprint density at radius 2 is 2.00 bits per heavy atom. The molecule has 2 aromatic heterocycles. The highest BCUT2D eigenvalue weighted by Crippen LogP contribution is 2.36. The van der Waals surface area contributed by atoms with E-state index in [0.29, 0.717) is 0 Å². The van der Waals surface area contributed by atoms with E-state index < -0.39 is 0 Å². The minimum atomic E-state index is 0.840. The number of fused-ring (bicyclic) bond motifs is 1. The van der Waals surface area contributed by atoms with Crippen molar-refractivity contribution in [2.45, 2.75) is 47.5 Å². The van der Waals surface area contributed by atoms with Gasteiger partial charge in [-0.2, -0.15) is 0 Å². The number of methoxy groups -OCH3 is 1. The molecule has 3 rings (SSSR count). The molecule has 0 aliphatic heterocycles. The number of nitrogens with zero attached hydrogens (tertiary/aromatic N) is 3. The molecule has 3 aromatic rings. The molecule has 4 heteroatoms. The number of aromatic nitrogens is 3. The zero-order valence-corrected chi connectivity index (χ0v) is 16.6. The van der Waals surface area contributed by atoms with Crippen molar-refractivity contribution < 1.29 is 4.74 Å². The smallest absolute Gasteiger partial charge is 0.164 e. The zero-order chi connectivity index (χ0) is 18.8. The van der Waals surface area contributed by atoms with Crippen molar-refractivity contribution in [3.8, 4) is 17.0 Å². The van der Waals surface area contributed by atoms with Gasteiger partial charge in [0.15, 0.2) is 5.65 Å². The quantitative estimate of drug-likeness (QED) is 0.619. The van der Waals surface area contributed by atoms with Crippen LogP contribution in [0.1, 0.15) is 49.7 Å². The molecule has 0 radical (unpaired) electrons. The molecule has 0 fully saturated rings. The molecular formula is C22H27N3O. The van der Waals surface area contributed by atoms with Crippen molar-refractivity contribution in [1.29, 1.82) is 0 Å². The van der Waals surface area contributed by atoms with Crippen LogP contribution in [-0.2, 0) is 6.42 Å². The molecule has 0 atom stereocenters. The van der Waals surface area contributed by atoms with Crippen LogP contribution in [0.4, 0.5) is 0 Å². The van der Waals surface area contributed by atoms with Crippen LogP contribution in [-0.4, -0.2) is 21.5 Å². The number of imidazole rings is 1. The number of hydrogen-bond acceptors (Lipinski definition) is 3. The van der Waals surface area contributed by atoms with Gasteiger partial charge >= 0.3 is 0 Å². The van der Waals surface area contributed by atoms with E-state index >= 15 is 0 Å². The summed E-state index contributed by atoms with van der Waals surface area (Å²) in [6.07, 6.45) is 7.91. The Kier molecular flexibility index (Phi) is 5.12. The maximum absolute atomic E-state index is 5.68. The van der Waals surface area contributed by atoms with Gasteiger partial charge in [0.2, 0.25) is 0 Å². The first kappa shape index (κ1) is 18.2. The molecule has 0 saturated heterocycles. The summed E-state index contributed by atoms with van der Waals surface area (Å²) in [6.45, 7) is 10.6. The Labute approximate surface area is 155 Å². The van der Waals surface area contributed by atoms with Crippen molar-refractivity contribution in [3.05, 3.63) is 53.1 Å². The maximum atomic E-state index is 5.68. The summed E-state index contributed by atoms with van der Waals surface area (Å²) in [5, 5.41) is 0. The summed E-state index contributed by atoms with van der Waals surface area (Å²) >= 11 is 0. The topological polar surface area (TPSA) is 39.4 Å². The van der Waals surface area contributed by atoms with E-state index in [-0.39, 0.29) is 0 Å². The van der Waals surface area contributed by atoms with Crippen LogP contribution in [0.25, 0.3) is 22.5 Å². The van der Waals surface area contributed by atoms with Crippen molar-refractivity contribution in [3.63, 3.8) is 0 Å². The van der Waals surface area contributed by atoms with Gasteiger partial charge < -0.3 is 4.74 Å². The minimum absolute atomic E-state index is 0.840. The van der Waals surface area contributed by atoms with Crippen LogP contribution < -0.4 is 4.74 Å². The first-order valence-corrected chi connectivity index (χ1v) is 9.22. The van der Waals surface area contributed by atoms with E-state index in [0.717, 1.165) is 46.8 Å². The second-order valence-electron chi connectivity index (χ2n) is 6.56. The Balaban J connectivity index is 2.38. The lowest BCUT2D eigenvalue weighted by atomic mass is 10.0. The fourth-order valence-electron chi connectivity index (χ4n) is 3.69.